The van der Waals surface area contributed by atoms with E-state index >= 15 is 0 Å². The lowest BCUT2D eigenvalue weighted by molar-refractivity contribution is -0.123. The summed E-state index contributed by atoms with van der Waals surface area (Å²) in [7, 11) is 0. The van der Waals surface area contributed by atoms with Gasteiger partial charge in [-0.25, -0.2) is 0 Å². The molecule has 2 amide bonds. The normalized spacial score (nSPS) is 10.7. The number of hydrogen-bond donors (Lipinski definition) is 2. The van der Waals surface area contributed by atoms with E-state index in [1.54, 1.807) is 0 Å². The number of alkyl halides is 1. The molecular formula is C14H27IN2O7. The second kappa shape index (κ2) is 18.8. The fourth-order valence-corrected chi connectivity index (χ4v) is 1.63. The lowest BCUT2D eigenvalue weighted by atomic mass is 10.6. The second-order valence-corrected chi connectivity index (χ2v) is 5.21. The first kappa shape index (κ1) is 23.5. The topological polar surface area (TPSA) is 118 Å². The van der Waals surface area contributed by atoms with Gasteiger partial charge in [-0.05, 0) is 0 Å². The molecule has 0 saturated heterocycles. The second-order valence-electron chi connectivity index (χ2n) is 4.45. The highest BCUT2D eigenvalue weighted by atomic mass is 127. The summed E-state index contributed by atoms with van der Waals surface area (Å²) >= 11 is 2.00. The molecular weight excluding hydrogens is 435 g/mol. The van der Waals surface area contributed by atoms with Crippen molar-refractivity contribution in [1.82, 2.24) is 5.32 Å². The fourth-order valence-electron chi connectivity index (χ4n) is 1.36. The van der Waals surface area contributed by atoms with Crippen LogP contribution >= 0.6 is 22.6 Å². The van der Waals surface area contributed by atoms with Crippen LogP contribution in [0.2, 0.25) is 0 Å². The van der Waals surface area contributed by atoms with Gasteiger partial charge < -0.3 is 34.7 Å². The summed E-state index contributed by atoms with van der Waals surface area (Å²) in [6, 6.07) is 0. The van der Waals surface area contributed by atoms with Gasteiger partial charge in [0.15, 0.2) is 0 Å². The molecule has 0 fully saturated rings. The monoisotopic (exact) mass is 462 g/mol. The number of nitrogens with one attached hydrogen (secondary N) is 1. The molecule has 0 aromatic rings. The average molecular weight is 462 g/mol. The van der Waals surface area contributed by atoms with Crippen LogP contribution in [-0.2, 0) is 33.3 Å². The summed E-state index contributed by atoms with van der Waals surface area (Å²) in [6.07, 6.45) is 0. The molecule has 0 unspecified atom stereocenters. The van der Waals surface area contributed by atoms with Crippen LogP contribution < -0.4 is 11.1 Å². The van der Waals surface area contributed by atoms with Gasteiger partial charge in [0.05, 0.1) is 63.9 Å². The average Bonchev–Trinajstić information content (AvgIpc) is 2.57. The molecule has 0 saturated carbocycles. The zero-order valence-electron chi connectivity index (χ0n) is 13.8. The van der Waals surface area contributed by atoms with E-state index in [2.05, 4.69) is 5.32 Å². The number of carbonyl (C=O) groups excluding carboxylic acids is 2. The predicted molar refractivity (Wildman–Crippen MR) is 95.2 cm³/mol. The molecule has 10 heteroatoms. The largest absolute Gasteiger partial charge is 0.377 e. The van der Waals surface area contributed by atoms with Crippen LogP contribution in [0, 0.1) is 0 Å². The van der Waals surface area contributed by atoms with Gasteiger partial charge in [-0.3, -0.25) is 9.59 Å². The van der Waals surface area contributed by atoms with Crippen LogP contribution in [0.5, 0.6) is 0 Å². The highest BCUT2D eigenvalue weighted by Crippen LogP contribution is 1.84. The Kier molecular flexibility index (Phi) is 18.4. The minimum atomic E-state index is -0.494. The van der Waals surface area contributed by atoms with Gasteiger partial charge >= 0.3 is 0 Å². The molecule has 0 aliphatic rings. The van der Waals surface area contributed by atoms with Gasteiger partial charge in [-0.1, -0.05) is 22.6 Å². The smallest absolute Gasteiger partial charge is 0.243 e. The zero-order chi connectivity index (χ0) is 17.9. The fraction of sp³-hybridized carbons (Fsp3) is 0.857. The molecule has 0 heterocycles. The Bertz CT molecular complexity index is 321. The Hall–Kier alpha value is -0.530. The van der Waals surface area contributed by atoms with Gasteiger partial charge in [0.1, 0.15) is 6.61 Å². The standard InChI is InChI=1S/C14H27IN2O7/c15-11-14(19)17-1-2-20-3-4-21-5-6-22-7-8-23-9-10-24-12-13(16)18/h1-12H2,(H2,16,18)(H,17,19). The van der Waals surface area contributed by atoms with E-state index in [0.29, 0.717) is 70.4 Å². The van der Waals surface area contributed by atoms with Gasteiger partial charge in [0, 0.05) is 6.54 Å². The van der Waals surface area contributed by atoms with E-state index in [1.807, 2.05) is 22.6 Å². The number of rotatable bonds is 18. The summed E-state index contributed by atoms with van der Waals surface area (Å²) < 4.78 is 26.5. The summed E-state index contributed by atoms with van der Waals surface area (Å²) in [5.74, 6) is -0.485. The molecule has 0 aromatic heterocycles. The van der Waals surface area contributed by atoms with Crippen LogP contribution in [0.3, 0.4) is 0 Å². The first-order chi connectivity index (χ1) is 11.7. The van der Waals surface area contributed by atoms with E-state index in [9.17, 15) is 9.59 Å². The molecule has 0 aromatic carbocycles. The van der Waals surface area contributed by atoms with Crippen LogP contribution in [0.4, 0.5) is 0 Å². The Morgan fingerprint density at radius 1 is 0.750 bits per heavy atom. The van der Waals surface area contributed by atoms with E-state index in [4.69, 9.17) is 29.4 Å². The van der Waals surface area contributed by atoms with Crippen molar-refractivity contribution in [2.24, 2.45) is 5.73 Å². The maximum absolute atomic E-state index is 10.9. The molecule has 0 spiro atoms. The summed E-state index contributed by atoms with van der Waals surface area (Å²) in [6.45, 7) is 4.46. The maximum atomic E-state index is 10.9. The van der Waals surface area contributed by atoms with Crippen LogP contribution in [0.1, 0.15) is 0 Å². The summed E-state index contributed by atoms with van der Waals surface area (Å²) in [5, 5.41) is 2.71. The third-order valence-corrected chi connectivity index (χ3v) is 3.12. The number of ether oxygens (including phenoxy) is 5. The van der Waals surface area contributed by atoms with Gasteiger partial charge in [0.25, 0.3) is 0 Å². The van der Waals surface area contributed by atoms with E-state index in [-0.39, 0.29) is 12.5 Å². The number of carbonyl (C=O) groups is 2. The quantitative estimate of drug-likeness (QED) is 0.154. The van der Waals surface area contributed by atoms with Crippen molar-refractivity contribution in [1.29, 1.82) is 0 Å². The van der Waals surface area contributed by atoms with Gasteiger partial charge in [-0.15, -0.1) is 0 Å². The van der Waals surface area contributed by atoms with Crippen LogP contribution in [0.25, 0.3) is 0 Å². The molecule has 3 N–H and O–H groups in total. The number of nitrogens with two attached hydrogens (primary N) is 1. The van der Waals surface area contributed by atoms with Crippen molar-refractivity contribution in [3.05, 3.63) is 0 Å². The number of halogens is 1. The molecule has 0 aliphatic carbocycles. The molecule has 0 radical (unpaired) electrons. The van der Waals surface area contributed by atoms with Crippen molar-refractivity contribution < 1.29 is 33.3 Å². The molecule has 0 bridgehead atoms. The molecule has 0 rings (SSSR count). The molecule has 0 atom stereocenters. The minimum absolute atomic E-state index is 0.00904. The van der Waals surface area contributed by atoms with Crippen molar-refractivity contribution in [2.75, 3.05) is 77.0 Å². The lowest BCUT2D eigenvalue weighted by Gasteiger charge is -2.08. The van der Waals surface area contributed by atoms with Gasteiger partial charge in [-0.2, -0.15) is 0 Å². The SMILES string of the molecule is NC(=O)COCCOCCOCCOCCOCCNC(=O)CI. The highest BCUT2D eigenvalue weighted by molar-refractivity contribution is 14.1. The van der Waals surface area contributed by atoms with Crippen LogP contribution in [0.15, 0.2) is 0 Å². The highest BCUT2D eigenvalue weighted by Gasteiger charge is 1.97. The van der Waals surface area contributed by atoms with Crippen LogP contribution in [-0.4, -0.2) is 88.9 Å². The molecule has 9 nitrogen and oxygen atoms in total. The Labute approximate surface area is 156 Å². The molecule has 0 aliphatic heterocycles. The third-order valence-electron chi connectivity index (χ3n) is 2.42. The van der Waals surface area contributed by atoms with Crippen molar-refractivity contribution in [3.63, 3.8) is 0 Å². The van der Waals surface area contributed by atoms with Crippen molar-refractivity contribution in [3.8, 4) is 0 Å². The first-order valence-electron chi connectivity index (χ1n) is 7.66. The van der Waals surface area contributed by atoms with Crippen molar-refractivity contribution >= 4 is 34.4 Å². The molecule has 24 heavy (non-hydrogen) atoms. The lowest BCUT2D eigenvalue weighted by Crippen LogP contribution is -2.28. The summed E-state index contributed by atoms with van der Waals surface area (Å²) in [5.41, 5.74) is 4.91. The third kappa shape index (κ3) is 19.5. The van der Waals surface area contributed by atoms with E-state index < -0.39 is 5.91 Å². The van der Waals surface area contributed by atoms with E-state index in [1.165, 1.54) is 0 Å². The van der Waals surface area contributed by atoms with E-state index in [0.717, 1.165) is 0 Å². The first-order valence-corrected chi connectivity index (χ1v) is 9.19. The maximum Gasteiger partial charge on any atom is 0.243 e. The number of amides is 2. The zero-order valence-corrected chi connectivity index (χ0v) is 16.0. The van der Waals surface area contributed by atoms with Gasteiger partial charge in [0.2, 0.25) is 11.8 Å². The van der Waals surface area contributed by atoms with Crippen molar-refractivity contribution in [2.45, 2.75) is 0 Å². The molecule has 142 valence electrons. The predicted octanol–water partition coefficient (Wildman–Crippen LogP) is -0.894. The Morgan fingerprint density at radius 3 is 1.58 bits per heavy atom. The summed E-state index contributed by atoms with van der Waals surface area (Å²) in [4.78, 5) is 21.3. The minimum Gasteiger partial charge on any atom is -0.377 e. The Balaban J connectivity index is 3.03. The number of primary amides is 1. The number of hydrogen-bond acceptors (Lipinski definition) is 7. The Morgan fingerprint density at radius 2 is 1.17 bits per heavy atom.